The Morgan fingerprint density at radius 3 is 1.34 bits per heavy atom. The number of unbranched alkanes of at least 4 members (excludes halogenated alkanes) is 10. The Bertz CT molecular complexity index is 1280. The van der Waals surface area contributed by atoms with Gasteiger partial charge in [-0.05, 0) is 79.4 Å². The van der Waals surface area contributed by atoms with Gasteiger partial charge in [-0.15, -0.1) is 22.7 Å². The summed E-state index contributed by atoms with van der Waals surface area (Å²) in [7, 11) is 0. The first-order valence-corrected chi connectivity index (χ1v) is 18.8. The summed E-state index contributed by atoms with van der Waals surface area (Å²) in [6.07, 6.45) is 19.7. The molecule has 0 unspecified atom stereocenters. The Labute approximate surface area is 272 Å². The first-order valence-electron chi connectivity index (χ1n) is 15.6. The molecule has 2 heterocycles. The van der Waals surface area contributed by atoms with Gasteiger partial charge >= 0.3 is 0 Å². The van der Waals surface area contributed by atoms with Gasteiger partial charge in [0.15, 0.2) is 11.5 Å². The molecule has 1 aliphatic rings. The molecule has 3 aromatic rings. The van der Waals surface area contributed by atoms with E-state index in [2.05, 4.69) is 96.0 Å². The van der Waals surface area contributed by atoms with E-state index in [0.29, 0.717) is 13.2 Å². The van der Waals surface area contributed by atoms with Gasteiger partial charge in [0.25, 0.3) is 0 Å². The van der Waals surface area contributed by atoms with E-state index in [4.69, 9.17) is 9.47 Å². The predicted molar refractivity (Wildman–Crippen MR) is 188 cm³/mol. The van der Waals surface area contributed by atoms with Crippen molar-refractivity contribution in [2.75, 3.05) is 13.2 Å². The maximum atomic E-state index is 6.84. The second kappa shape index (κ2) is 16.1. The number of hydrogen-bond donors (Lipinski definition) is 0. The molecule has 41 heavy (non-hydrogen) atoms. The van der Waals surface area contributed by atoms with E-state index in [1.165, 1.54) is 95.5 Å². The molecule has 0 atom stereocenters. The molecule has 0 spiro atoms. The number of ether oxygens (including phenoxy) is 2. The minimum absolute atomic E-state index is 0.0523. The van der Waals surface area contributed by atoms with Crippen molar-refractivity contribution < 1.29 is 9.47 Å². The van der Waals surface area contributed by atoms with Crippen LogP contribution in [0.1, 0.15) is 105 Å². The van der Waals surface area contributed by atoms with E-state index in [1.807, 2.05) is 0 Å². The summed E-state index contributed by atoms with van der Waals surface area (Å²) in [6, 6.07) is 8.74. The number of thiophene rings is 2. The van der Waals surface area contributed by atoms with Crippen LogP contribution in [0.2, 0.25) is 0 Å². The van der Waals surface area contributed by atoms with Crippen LogP contribution in [0.5, 0.6) is 11.5 Å². The van der Waals surface area contributed by atoms with E-state index in [9.17, 15) is 0 Å². The molecule has 0 amide bonds. The Morgan fingerprint density at radius 2 is 0.976 bits per heavy atom. The van der Waals surface area contributed by atoms with Crippen LogP contribution < -0.4 is 19.9 Å². The van der Waals surface area contributed by atoms with Gasteiger partial charge in [-0.25, -0.2) is 0 Å². The fourth-order valence-electron chi connectivity index (χ4n) is 5.60. The van der Waals surface area contributed by atoms with Gasteiger partial charge in [-0.2, -0.15) is 0 Å². The van der Waals surface area contributed by atoms with Gasteiger partial charge in [0.1, 0.15) is 0 Å². The summed E-state index contributed by atoms with van der Waals surface area (Å²) in [5, 5.41) is 2.54. The van der Waals surface area contributed by atoms with Crippen LogP contribution in [0.25, 0.3) is 33.0 Å². The van der Waals surface area contributed by atoms with E-state index >= 15 is 0 Å². The second-order valence-electron chi connectivity index (χ2n) is 11.8. The van der Waals surface area contributed by atoms with Crippen molar-refractivity contribution >= 4 is 66.7 Å². The predicted octanol–water partition coefficient (Wildman–Crippen LogP) is 11.7. The molecular weight excluding hydrogens is 676 g/mol. The van der Waals surface area contributed by atoms with Crippen LogP contribution in [0.15, 0.2) is 31.8 Å². The minimum Gasteiger partial charge on any atom is -0.489 e. The van der Waals surface area contributed by atoms with E-state index < -0.39 is 0 Å². The summed E-state index contributed by atoms with van der Waals surface area (Å²) in [6.45, 7) is 10.5. The lowest BCUT2D eigenvalue weighted by atomic mass is 9.95. The standard InChI is InChI=1S/C35H46Br2O2S2/c1-5-7-9-11-13-15-21-38-33-31(27-17-19-29(36)40-27)25-23-35(3,4)24-26(25)32(28-18-20-30(37)41-28)34(33)39-22-16-14-12-10-8-6-2/h17-20,23-24H,5-16,21-22H2,1-4H3. The van der Waals surface area contributed by atoms with Crippen LogP contribution in [0.4, 0.5) is 0 Å². The van der Waals surface area contributed by atoms with Gasteiger partial charge in [-0.3, -0.25) is 0 Å². The summed E-state index contributed by atoms with van der Waals surface area (Å²) in [5.41, 5.74) is 2.31. The molecule has 1 aromatic carbocycles. The lowest BCUT2D eigenvalue weighted by Crippen LogP contribution is -2.28. The normalized spacial score (nSPS) is 13.6. The smallest absolute Gasteiger partial charge is 0.171 e. The molecule has 0 N–H and O–H groups in total. The maximum Gasteiger partial charge on any atom is 0.171 e. The number of rotatable bonds is 18. The molecule has 0 saturated heterocycles. The topological polar surface area (TPSA) is 18.5 Å². The van der Waals surface area contributed by atoms with Gasteiger partial charge in [0, 0.05) is 26.3 Å². The molecule has 0 aliphatic heterocycles. The number of benzene rings is 1. The summed E-state index contributed by atoms with van der Waals surface area (Å²) in [5.74, 6) is 1.83. The van der Waals surface area contributed by atoms with Crippen LogP contribution in [-0.4, -0.2) is 13.2 Å². The van der Waals surface area contributed by atoms with Crippen molar-refractivity contribution in [1.82, 2.24) is 0 Å². The van der Waals surface area contributed by atoms with E-state index in [0.717, 1.165) is 31.9 Å². The van der Waals surface area contributed by atoms with Crippen molar-refractivity contribution in [2.24, 2.45) is 5.41 Å². The molecule has 2 aromatic heterocycles. The Morgan fingerprint density at radius 1 is 0.585 bits per heavy atom. The Hall–Kier alpha value is -1.08. The average Bonchev–Trinajstić information content (AvgIpc) is 3.64. The van der Waals surface area contributed by atoms with E-state index in [-0.39, 0.29) is 5.41 Å². The maximum absolute atomic E-state index is 6.84. The van der Waals surface area contributed by atoms with Crippen LogP contribution in [0.3, 0.4) is 0 Å². The molecular formula is C35H46Br2O2S2. The highest BCUT2D eigenvalue weighted by atomic mass is 79.9. The number of fused-ring (bicyclic) bond motifs is 1. The molecule has 2 nitrogen and oxygen atoms in total. The minimum atomic E-state index is -0.0523. The molecule has 6 heteroatoms. The largest absolute Gasteiger partial charge is 0.489 e. The number of halogens is 2. The molecule has 4 rings (SSSR count). The zero-order valence-corrected chi connectivity index (χ0v) is 30.1. The van der Waals surface area contributed by atoms with Crippen LogP contribution >= 0.6 is 54.5 Å². The fourth-order valence-corrected chi connectivity index (χ4v) is 8.49. The zero-order chi connectivity index (χ0) is 29.2. The first-order chi connectivity index (χ1) is 19.8. The highest BCUT2D eigenvalue weighted by Crippen LogP contribution is 2.46. The third-order valence-corrected chi connectivity index (χ3v) is 10.9. The molecule has 0 fully saturated rings. The van der Waals surface area contributed by atoms with Gasteiger partial charge in [0.05, 0.1) is 20.8 Å². The highest BCUT2D eigenvalue weighted by molar-refractivity contribution is 9.11. The highest BCUT2D eigenvalue weighted by Gasteiger charge is 2.29. The molecule has 1 aliphatic carbocycles. The number of hydrogen-bond acceptors (Lipinski definition) is 4. The quantitative estimate of drug-likeness (QED) is 0.122. The molecule has 0 bridgehead atoms. The monoisotopic (exact) mass is 720 g/mol. The Kier molecular flexibility index (Phi) is 12.9. The zero-order valence-electron chi connectivity index (χ0n) is 25.3. The van der Waals surface area contributed by atoms with Crippen molar-refractivity contribution in [3.8, 4) is 32.4 Å². The lowest BCUT2D eigenvalue weighted by Gasteiger charge is -2.20. The summed E-state index contributed by atoms with van der Waals surface area (Å²) in [4.78, 5) is 2.44. The molecule has 0 saturated carbocycles. The first kappa shape index (κ1) is 32.8. The summed E-state index contributed by atoms with van der Waals surface area (Å²) < 4.78 is 15.9. The lowest BCUT2D eigenvalue weighted by molar-refractivity contribution is 0.260. The van der Waals surface area contributed by atoms with Crippen molar-refractivity contribution in [1.29, 1.82) is 0 Å². The summed E-state index contributed by atoms with van der Waals surface area (Å²) >= 11 is 11.0. The van der Waals surface area contributed by atoms with Crippen molar-refractivity contribution in [3.63, 3.8) is 0 Å². The van der Waals surface area contributed by atoms with Gasteiger partial charge in [0.2, 0.25) is 0 Å². The fraction of sp³-hybridized carbons (Fsp3) is 0.543. The van der Waals surface area contributed by atoms with Gasteiger partial charge < -0.3 is 9.47 Å². The molecule has 0 radical (unpaired) electrons. The third-order valence-electron chi connectivity index (χ3n) is 7.65. The van der Waals surface area contributed by atoms with Crippen LogP contribution in [0, 0.1) is 5.41 Å². The second-order valence-corrected chi connectivity index (χ2v) is 16.7. The van der Waals surface area contributed by atoms with Crippen LogP contribution in [-0.2, 0) is 0 Å². The Balaban J connectivity index is 1.78. The SMILES string of the molecule is CCCCCCCCOc1c(OCCCCCCCC)c(-c2ccc(Br)s2)c2c(c1-c1ccc(Br)s1)=CC(C)(C)C=2. The van der Waals surface area contributed by atoms with Crippen molar-refractivity contribution in [3.05, 3.63) is 42.3 Å². The van der Waals surface area contributed by atoms with Gasteiger partial charge in [-0.1, -0.05) is 104 Å². The molecule has 224 valence electrons. The van der Waals surface area contributed by atoms with Crippen molar-refractivity contribution in [2.45, 2.75) is 105 Å². The third kappa shape index (κ3) is 8.97. The van der Waals surface area contributed by atoms with E-state index in [1.54, 1.807) is 22.7 Å². The average molecular weight is 723 g/mol.